The maximum absolute atomic E-state index is 11.7. The summed E-state index contributed by atoms with van der Waals surface area (Å²) >= 11 is 7.69. The molecule has 2 amide bonds. The number of urea groups is 1. The van der Waals surface area contributed by atoms with Gasteiger partial charge in [0, 0.05) is 41.5 Å². The Hall–Kier alpha value is -0.910. The Morgan fingerprint density at radius 3 is 2.70 bits per heavy atom. The van der Waals surface area contributed by atoms with E-state index < -0.39 is 0 Å². The van der Waals surface area contributed by atoms with Gasteiger partial charge in [-0.05, 0) is 37.1 Å². The third-order valence-electron chi connectivity index (χ3n) is 3.01. The van der Waals surface area contributed by atoms with Crippen molar-refractivity contribution in [3.8, 4) is 0 Å². The van der Waals surface area contributed by atoms with Gasteiger partial charge < -0.3 is 15.4 Å². The van der Waals surface area contributed by atoms with Gasteiger partial charge in [-0.3, -0.25) is 0 Å². The molecular formula is C14H19ClN2O2S. The molecule has 1 fully saturated rings. The summed E-state index contributed by atoms with van der Waals surface area (Å²) in [4.78, 5) is 11.7. The van der Waals surface area contributed by atoms with Crippen molar-refractivity contribution in [2.45, 2.75) is 18.1 Å². The molecule has 1 aromatic carbocycles. The number of carbonyl (C=O) groups is 1. The molecule has 6 heteroatoms. The van der Waals surface area contributed by atoms with Crippen LogP contribution in [0.15, 0.2) is 24.3 Å². The van der Waals surface area contributed by atoms with E-state index in [1.165, 1.54) is 0 Å². The topological polar surface area (TPSA) is 50.4 Å². The Bertz CT molecular complexity index is 422. The van der Waals surface area contributed by atoms with Crippen LogP contribution < -0.4 is 10.6 Å². The van der Waals surface area contributed by atoms with Gasteiger partial charge in [-0.1, -0.05) is 11.6 Å². The maximum atomic E-state index is 11.7. The van der Waals surface area contributed by atoms with E-state index in [9.17, 15) is 4.79 Å². The summed E-state index contributed by atoms with van der Waals surface area (Å²) in [5.74, 6) is 0.929. The highest BCUT2D eigenvalue weighted by Crippen LogP contribution is 2.21. The van der Waals surface area contributed by atoms with Crippen molar-refractivity contribution in [2.24, 2.45) is 0 Å². The molecule has 110 valence electrons. The van der Waals surface area contributed by atoms with E-state index in [0.717, 1.165) is 37.5 Å². The number of carbonyl (C=O) groups excluding carboxylic acids is 1. The predicted molar refractivity (Wildman–Crippen MR) is 84.8 cm³/mol. The van der Waals surface area contributed by atoms with E-state index in [0.29, 0.717) is 16.8 Å². The first-order valence-corrected chi connectivity index (χ1v) is 8.16. The van der Waals surface area contributed by atoms with Gasteiger partial charge in [0.1, 0.15) is 0 Å². The molecule has 1 heterocycles. The summed E-state index contributed by atoms with van der Waals surface area (Å²) in [7, 11) is 0. The standard InChI is InChI=1S/C14H19ClN2O2S/c15-11-1-3-12(4-2-11)17-14(18)16-7-10-20-13-5-8-19-9-6-13/h1-4,13H,5-10H2,(H2,16,17,18). The number of halogens is 1. The lowest BCUT2D eigenvalue weighted by atomic mass is 10.2. The largest absolute Gasteiger partial charge is 0.381 e. The monoisotopic (exact) mass is 314 g/mol. The van der Waals surface area contributed by atoms with Crippen LogP contribution in [0.4, 0.5) is 10.5 Å². The molecule has 20 heavy (non-hydrogen) atoms. The van der Waals surface area contributed by atoms with Gasteiger partial charge >= 0.3 is 6.03 Å². The summed E-state index contributed by atoms with van der Waals surface area (Å²) in [6, 6.07) is 6.87. The SMILES string of the molecule is O=C(NCCSC1CCOCC1)Nc1ccc(Cl)cc1. The van der Waals surface area contributed by atoms with Crippen LogP contribution in [0.2, 0.25) is 5.02 Å². The van der Waals surface area contributed by atoms with Crippen molar-refractivity contribution >= 4 is 35.1 Å². The van der Waals surface area contributed by atoms with Crippen molar-refractivity contribution in [1.82, 2.24) is 5.32 Å². The van der Waals surface area contributed by atoms with Crippen LogP contribution in [0.5, 0.6) is 0 Å². The number of ether oxygens (including phenoxy) is 1. The average molecular weight is 315 g/mol. The number of hydrogen-bond acceptors (Lipinski definition) is 3. The van der Waals surface area contributed by atoms with E-state index in [4.69, 9.17) is 16.3 Å². The van der Waals surface area contributed by atoms with Crippen molar-refractivity contribution in [3.05, 3.63) is 29.3 Å². The van der Waals surface area contributed by atoms with Crippen LogP contribution in [-0.4, -0.2) is 36.8 Å². The zero-order chi connectivity index (χ0) is 14.2. The van der Waals surface area contributed by atoms with Crippen LogP contribution >= 0.6 is 23.4 Å². The van der Waals surface area contributed by atoms with E-state index >= 15 is 0 Å². The van der Waals surface area contributed by atoms with Crippen LogP contribution in [0, 0.1) is 0 Å². The lowest BCUT2D eigenvalue weighted by Crippen LogP contribution is -2.31. The molecule has 4 nitrogen and oxygen atoms in total. The van der Waals surface area contributed by atoms with Crippen LogP contribution in [0.25, 0.3) is 0 Å². The molecule has 0 spiro atoms. The molecule has 1 saturated heterocycles. The second kappa shape index (κ2) is 8.39. The average Bonchev–Trinajstić information content (AvgIpc) is 2.47. The van der Waals surface area contributed by atoms with E-state index in [1.807, 2.05) is 11.8 Å². The quantitative estimate of drug-likeness (QED) is 0.819. The lowest BCUT2D eigenvalue weighted by molar-refractivity contribution is 0.100. The summed E-state index contributed by atoms with van der Waals surface area (Å²) in [6.45, 7) is 2.39. The Labute approximate surface area is 128 Å². The first-order chi connectivity index (χ1) is 9.74. The first-order valence-electron chi connectivity index (χ1n) is 6.74. The molecule has 0 bridgehead atoms. The number of rotatable bonds is 5. The Morgan fingerprint density at radius 2 is 2.00 bits per heavy atom. The number of nitrogens with one attached hydrogen (secondary N) is 2. The van der Waals surface area contributed by atoms with Crippen molar-refractivity contribution in [1.29, 1.82) is 0 Å². The van der Waals surface area contributed by atoms with Crippen LogP contribution in [-0.2, 0) is 4.74 Å². The number of hydrogen-bond donors (Lipinski definition) is 2. The lowest BCUT2D eigenvalue weighted by Gasteiger charge is -2.21. The van der Waals surface area contributed by atoms with Crippen molar-refractivity contribution < 1.29 is 9.53 Å². The minimum absolute atomic E-state index is 0.181. The molecule has 2 N–H and O–H groups in total. The van der Waals surface area contributed by atoms with Gasteiger partial charge in [-0.25, -0.2) is 4.79 Å². The first kappa shape index (κ1) is 15.5. The van der Waals surface area contributed by atoms with Gasteiger partial charge in [0.15, 0.2) is 0 Å². The van der Waals surface area contributed by atoms with E-state index in [1.54, 1.807) is 24.3 Å². The van der Waals surface area contributed by atoms with Gasteiger partial charge in [0.05, 0.1) is 0 Å². The molecule has 1 aromatic rings. The second-order valence-electron chi connectivity index (χ2n) is 4.57. The molecule has 0 radical (unpaired) electrons. The molecule has 1 aliphatic heterocycles. The number of amides is 2. The maximum Gasteiger partial charge on any atom is 0.319 e. The molecule has 0 aromatic heterocycles. The fourth-order valence-corrected chi connectivity index (χ4v) is 3.15. The number of anilines is 1. The normalized spacial score (nSPS) is 15.8. The van der Waals surface area contributed by atoms with Crippen molar-refractivity contribution in [2.75, 3.05) is 30.8 Å². The minimum Gasteiger partial charge on any atom is -0.381 e. The fourth-order valence-electron chi connectivity index (χ4n) is 1.94. The Kier molecular flexibility index (Phi) is 6.50. The molecule has 0 saturated carbocycles. The third-order valence-corrected chi connectivity index (χ3v) is 4.65. The molecule has 0 atom stereocenters. The molecule has 0 unspecified atom stereocenters. The zero-order valence-electron chi connectivity index (χ0n) is 11.2. The summed E-state index contributed by atoms with van der Waals surface area (Å²) in [5.41, 5.74) is 0.740. The summed E-state index contributed by atoms with van der Waals surface area (Å²) < 4.78 is 5.32. The van der Waals surface area contributed by atoms with E-state index in [2.05, 4.69) is 10.6 Å². The minimum atomic E-state index is -0.181. The smallest absolute Gasteiger partial charge is 0.319 e. The predicted octanol–water partition coefficient (Wildman–Crippen LogP) is 3.37. The van der Waals surface area contributed by atoms with Gasteiger partial charge in [-0.15, -0.1) is 0 Å². The van der Waals surface area contributed by atoms with Gasteiger partial charge in [-0.2, -0.15) is 11.8 Å². The van der Waals surface area contributed by atoms with Crippen LogP contribution in [0.3, 0.4) is 0 Å². The highest BCUT2D eigenvalue weighted by Gasteiger charge is 2.13. The Balaban J connectivity index is 1.59. The molecule has 1 aliphatic rings. The molecule has 0 aliphatic carbocycles. The molecular weight excluding hydrogens is 296 g/mol. The highest BCUT2D eigenvalue weighted by molar-refractivity contribution is 7.99. The number of benzene rings is 1. The fraction of sp³-hybridized carbons (Fsp3) is 0.500. The highest BCUT2D eigenvalue weighted by atomic mass is 35.5. The van der Waals surface area contributed by atoms with Gasteiger partial charge in [0.25, 0.3) is 0 Å². The number of thioether (sulfide) groups is 1. The zero-order valence-corrected chi connectivity index (χ0v) is 12.8. The van der Waals surface area contributed by atoms with E-state index in [-0.39, 0.29) is 6.03 Å². The summed E-state index contributed by atoms with van der Waals surface area (Å²) in [6.07, 6.45) is 2.23. The summed E-state index contributed by atoms with van der Waals surface area (Å²) in [5, 5.41) is 6.95. The molecule has 2 rings (SSSR count). The van der Waals surface area contributed by atoms with Crippen molar-refractivity contribution in [3.63, 3.8) is 0 Å². The third kappa shape index (κ3) is 5.61. The van der Waals surface area contributed by atoms with Crippen LogP contribution in [0.1, 0.15) is 12.8 Å². The Morgan fingerprint density at radius 1 is 1.30 bits per heavy atom. The van der Waals surface area contributed by atoms with Gasteiger partial charge in [0.2, 0.25) is 0 Å². The second-order valence-corrected chi connectivity index (χ2v) is 6.41.